The molecule has 0 aromatic heterocycles. The Kier molecular flexibility index (Phi) is 7.73. The smallest absolute Gasteiger partial charge is 0.232 e. The van der Waals surface area contributed by atoms with Gasteiger partial charge in [0, 0.05) is 19.0 Å². The van der Waals surface area contributed by atoms with E-state index in [0.717, 1.165) is 17.6 Å². The Morgan fingerprint density at radius 3 is 2.58 bits per heavy atom. The summed E-state index contributed by atoms with van der Waals surface area (Å²) in [6.45, 7) is 7.40. The van der Waals surface area contributed by atoms with E-state index in [4.69, 9.17) is 14.2 Å². The lowest BCUT2D eigenvalue weighted by Gasteiger charge is -2.23. The van der Waals surface area contributed by atoms with Gasteiger partial charge in [-0.2, -0.15) is 0 Å². The standard InChI is InChI=1S/C24H32N2O6S/c1-24(2,3)19-8-5-6-9-20(19)30-15-13-25-23(27)10-7-14-26(33(4,28)29)18-11-12-21-22(16-18)32-17-31-21/h5-6,8-9,11-12,16H,7,10,13-15,17H2,1-4H3,(H,25,27). The van der Waals surface area contributed by atoms with Gasteiger partial charge in [-0.25, -0.2) is 8.42 Å². The Morgan fingerprint density at radius 1 is 1.12 bits per heavy atom. The van der Waals surface area contributed by atoms with Gasteiger partial charge in [-0.1, -0.05) is 39.0 Å². The number of nitrogens with zero attached hydrogens (tertiary/aromatic N) is 1. The van der Waals surface area contributed by atoms with Crippen molar-refractivity contribution in [2.24, 2.45) is 0 Å². The van der Waals surface area contributed by atoms with Crippen molar-refractivity contribution in [1.29, 1.82) is 0 Å². The first-order valence-electron chi connectivity index (χ1n) is 10.9. The van der Waals surface area contributed by atoms with E-state index in [0.29, 0.717) is 36.8 Å². The average Bonchev–Trinajstić information content (AvgIpc) is 3.21. The minimum absolute atomic E-state index is 0.0384. The molecule has 8 nitrogen and oxygen atoms in total. The number of nitrogens with one attached hydrogen (secondary N) is 1. The van der Waals surface area contributed by atoms with Crippen LogP contribution >= 0.6 is 0 Å². The number of carbonyl (C=O) groups is 1. The van der Waals surface area contributed by atoms with Crippen LogP contribution in [0.3, 0.4) is 0 Å². The largest absolute Gasteiger partial charge is 0.491 e. The maximum Gasteiger partial charge on any atom is 0.232 e. The molecule has 0 fully saturated rings. The van der Waals surface area contributed by atoms with Gasteiger partial charge in [0.1, 0.15) is 12.4 Å². The molecule has 1 aliphatic heterocycles. The van der Waals surface area contributed by atoms with Gasteiger partial charge < -0.3 is 19.5 Å². The van der Waals surface area contributed by atoms with E-state index < -0.39 is 10.0 Å². The third-order valence-electron chi connectivity index (χ3n) is 5.19. The van der Waals surface area contributed by atoms with Crippen LogP contribution in [0, 0.1) is 0 Å². The molecule has 9 heteroatoms. The summed E-state index contributed by atoms with van der Waals surface area (Å²) in [4.78, 5) is 12.2. The van der Waals surface area contributed by atoms with Crippen LogP contribution < -0.4 is 23.8 Å². The second-order valence-electron chi connectivity index (χ2n) is 8.92. The van der Waals surface area contributed by atoms with Crippen LogP contribution in [0.2, 0.25) is 0 Å². The van der Waals surface area contributed by atoms with E-state index in [1.807, 2.05) is 24.3 Å². The van der Waals surface area contributed by atoms with Crippen molar-refractivity contribution in [1.82, 2.24) is 5.32 Å². The highest BCUT2D eigenvalue weighted by Gasteiger charge is 2.22. The molecule has 2 aromatic carbocycles. The van der Waals surface area contributed by atoms with E-state index in [-0.39, 0.29) is 31.1 Å². The van der Waals surface area contributed by atoms with E-state index in [1.165, 1.54) is 4.31 Å². The molecule has 0 radical (unpaired) electrons. The number of sulfonamides is 1. The number of hydrogen-bond donors (Lipinski definition) is 1. The van der Waals surface area contributed by atoms with Crippen LogP contribution in [0.25, 0.3) is 0 Å². The zero-order chi connectivity index (χ0) is 24.1. The predicted octanol–water partition coefficient (Wildman–Crippen LogP) is 3.45. The van der Waals surface area contributed by atoms with Crippen LogP contribution in [-0.4, -0.2) is 47.1 Å². The van der Waals surface area contributed by atoms with Crippen molar-refractivity contribution in [2.75, 3.05) is 37.1 Å². The number of rotatable bonds is 10. The molecule has 0 bridgehead atoms. The monoisotopic (exact) mass is 476 g/mol. The molecular formula is C24H32N2O6S. The molecule has 0 saturated carbocycles. The summed E-state index contributed by atoms with van der Waals surface area (Å²) in [6.07, 6.45) is 1.72. The van der Waals surface area contributed by atoms with Crippen LogP contribution in [0.4, 0.5) is 5.69 Å². The lowest BCUT2D eigenvalue weighted by molar-refractivity contribution is -0.121. The lowest BCUT2D eigenvalue weighted by atomic mass is 9.86. The molecule has 0 unspecified atom stereocenters. The van der Waals surface area contributed by atoms with Gasteiger partial charge in [-0.05, 0) is 35.6 Å². The maximum atomic E-state index is 12.3. The second kappa shape index (κ2) is 10.3. The number of benzene rings is 2. The first kappa shape index (κ1) is 24.7. The van der Waals surface area contributed by atoms with Crippen LogP contribution in [-0.2, 0) is 20.2 Å². The fourth-order valence-electron chi connectivity index (χ4n) is 3.56. The summed E-state index contributed by atoms with van der Waals surface area (Å²) in [7, 11) is -3.52. The average molecular weight is 477 g/mol. The number of para-hydroxylation sites is 1. The highest BCUT2D eigenvalue weighted by atomic mass is 32.2. The van der Waals surface area contributed by atoms with Crippen molar-refractivity contribution in [2.45, 2.75) is 39.0 Å². The SMILES string of the molecule is CC(C)(C)c1ccccc1OCCNC(=O)CCCN(c1ccc2c(c1)OCO2)S(C)(=O)=O. The molecule has 0 spiro atoms. The van der Waals surface area contributed by atoms with Gasteiger partial charge in [-0.15, -0.1) is 0 Å². The normalized spacial score (nSPS) is 13.0. The third kappa shape index (κ3) is 6.77. The summed E-state index contributed by atoms with van der Waals surface area (Å²) in [5.41, 5.74) is 1.55. The molecule has 0 atom stereocenters. The molecule has 1 amide bonds. The summed E-state index contributed by atoms with van der Waals surface area (Å²) in [6, 6.07) is 12.9. The fraction of sp³-hybridized carbons (Fsp3) is 0.458. The fourth-order valence-corrected chi connectivity index (χ4v) is 4.52. The van der Waals surface area contributed by atoms with Crippen molar-refractivity contribution >= 4 is 21.6 Å². The summed E-state index contributed by atoms with van der Waals surface area (Å²) >= 11 is 0. The molecule has 1 aliphatic rings. The molecule has 33 heavy (non-hydrogen) atoms. The van der Waals surface area contributed by atoms with E-state index >= 15 is 0 Å². The molecular weight excluding hydrogens is 444 g/mol. The minimum atomic E-state index is -3.52. The maximum absolute atomic E-state index is 12.3. The van der Waals surface area contributed by atoms with Gasteiger partial charge >= 0.3 is 0 Å². The number of fused-ring (bicyclic) bond motifs is 1. The van der Waals surface area contributed by atoms with Gasteiger partial charge in [0.2, 0.25) is 22.7 Å². The Labute approximate surface area is 195 Å². The van der Waals surface area contributed by atoms with Gasteiger partial charge in [0.25, 0.3) is 0 Å². The van der Waals surface area contributed by atoms with Crippen LogP contribution in [0.1, 0.15) is 39.2 Å². The van der Waals surface area contributed by atoms with Crippen molar-refractivity contribution in [3.05, 3.63) is 48.0 Å². The molecule has 2 aromatic rings. The Hall–Kier alpha value is -2.94. The Bertz CT molecular complexity index is 1080. The third-order valence-corrected chi connectivity index (χ3v) is 6.38. The summed E-state index contributed by atoms with van der Waals surface area (Å²) < 4.78 is 42.3. The zero-order valence-electron chi connectivity index (χ0n) is 19.6. The number of anilines is 1. The van der Waals surface area contributed by atoms with Crippen molar-refractivity contribution < 1.29 is 27.4 Å². The first-order valence-corrected chi connectivity index (χ1v) is 12.8. The molecule has 3 rings (SSSR count). The molecule has 180 valence electrons. The first-order chi connectivity index (χ1) is 15.6. The highest BCUT2D eigenvalue weighted by Crippen LogP contribution is 2.36. The van der Waals surface area contributed by atoms with Crippen molar-refractivity contribution in [3.8, 4) is 17.2 Å². The zero-order valence-corrected chi connectivity index (χ0v) is 20.4. The number of hydrogen-bond acceptors (Lipinski definition) is 6. The van der Waals surface area contributed by atoms with Crippen LogP contribution in [0.5, 0.6) is 17.2 Å². The van der Waals surface area contributed by atoms with E-state index in [1.54, 1.807) is 18.2 Å². The lowest BCUT2D eigenvalue weighted by Crippen LogP contribution is -2.33. The topological polar surface area (TPSA) is 94.2 Å². The molecule has 1 heterocycles. The van der Waals surface area contributed by atoms with Gasteiger partial charge in [0.05, 0.1) is 18.5 Å². The Balaban J connectivity index is 1.46. The van der Waals surface area contributed by atoms with E-state index in [2.05, 4.69) is 26.1 Å². The van der Waals surface area contributed by atoms with Crippen LogP contribution in [0.15, 0.2) is 42.5 Å². The molecule has 0 aliphatic carbocycles. The number of amides is 1. The number of ether oxygens (including phenoxy) is 3. The summed E-state index contributed by atoms with van der Waals surface area (Å²) in [5, 5.41) is 2.83. The summed E-state index contributed by atoms with van der Waals surface area (Å²) in [5.74, 6) is 1.75. The minimum Gasteiger partial charge on any atom is -0.491 e. The second-order valence-corrected chi connectivity index (χ2v) is 10.8. The van der Waals surface area contributed by atoms with Crippen molar-refractivity contribution in [3.63, 3.8) is 0 Å². The van der Waals surface area contributed by atoms with Gasteiger partial charge in [-0.3, -0.25) is 9.10 Å². The number of carbonyl (C=O) groups excluding carboxylic acids is 1. The predicted molar refractivity (Wildman–Crippen MR) is 128 cm³/mol. The Morgan fingerprint density at radius 2 is 1.85 bits per heavy atom. The van der Waals surface area contributed by atoms with E-state index in [9.17, 15) is 13.2 Å². The van der Waals surface area contributed by atoms with Gasteiger partial charge in [0.15, 0.2) is 11.5 Å². The molecule has 0 saturated heterocycles. The molecule has 1 N–H and O–H groups in total. The quantitative estimate of drug-likeness (QED) is 0.528. The highest BCUT2D eigenvalue weighted by molar-refractivity contribution is 7.92.